The Morgan fingerprint density at radius 3 is 1.92 bits per heavy atom. The number of hydrogen-bond acceptors (Lipinski definition) is 4. The number of carbonyl (C=O) groups excluding carboxylic acids is 1. The smallest absolute Gasteiger partial charge is 0.273 e. The van der Waals surface area contributed by atoms with Crippen LogP contribution in [0, 0.1) is 0 Å². The first-order valence-corrected chi connectivity index (χ1v) is 9.17. The van der Waals surface area contributed by atoms with Gasteiger partial charge in [-0.05, 0) is 37.1 Å². The van der Waals surface area contributed by atoms with Gasteiger partial charge in [0.2, 0.25) is 0 Å². The van der Waals surface area contributed by atoms with Crippen molar-refractivity contribution in [3.05, 3.63) is 71.8 Å². The van der Waals surface area contributed by atoms with Crippen LogP contribution in [0.1, 0.15) is 37.3 Å². The molecule has 0 aromatic heterocycles. The quantitative estimate of drug-likeness (QED) is 0.463. The Labute approximate surface area is 155 Å². The molecule has 5 nitrogen and oxygen atoms in total. The lowest BCUT2D eigenvalue weighted by Gasteiger charge is -2.21. The molecule has 0 aliphatic heterocycles. The largest absolute Gasteiger partial charge is 0.317 e. The number of benzene rings is 2. The van der Waals surface area contributed by atoms with Crippen LogP contribution in [0.4, 0.5) is 0 Å². The van der Waals surface area contributed by atoms with Crippen LogP contribution < -0.4 is 5.32 Å². The Balaban J connectivity index is 1.85. The fourth-order valence-corrected chi connectivity index (χ4v) is 2.35. The summed E-state index contributed by atoms with van der Waals surface area (Å²) < 4.78 is 0. The van der Waals surface area contributed by atoms with E-state index < -0.39 is 0 Å². The van der Waals surface area contributed by atoms with Gasteiger partial charge in [0.15, 0.2) is 0 Å². The summed E-state index contributed by atoms with van der Waals surface area (Å²) in [4.78, 5) is 23.7. The monoisotopic (exact) mass is 356 g/mol. The minimum absolute atomic E-state index is 0.171. The molecule has 2 aromatic rings. The molecule has 0 radical (unpaired) electrons. The number of amides is 1. The van der Waals surface area contributed by atoms with Crippen LogP contribution in [-0.2, 0) is 27.7 Å². The Morgan fingerprint density at radius 2 is 1.42 bits per heavy atom. The maximum absolute atomic E-state index is 12.5. The van der Waals surface area contributed by atoms with Crippen molar-refractivity contribution in [2.45, 2.75) is 39.4 Å². The lowest BCUT2D eigenvalue weighted by Crippen LogP contribution is -2.31. The average molecular weight is 356 g/mol. The van der Waals surface area contributed by atoms with Crippen molar-refractivity contribution in [2.75, 3.05) is 13.1 Å². The molecule has 0 aliphatic carbocycles. The third kappa shape index (κ3) is 7.78. The van der Waals surface area contributed by atoms with Crippen molar-refractivity contribution in [2.24, 2.45) is 0 Å². The maximum Gasteiger partial charge on any atom is 0.273 e. The number of carbonyl (C=O) groups is 1. The molecule has 1 amide bonds. The highest BCUT2D eigenvalue weighted by molar-refractivity contribution is 5.74. The molecule has 140 valence electrons. The lowest BCUT2D eigenvalue weighted by atomic mass is 10.2. The van der Waals surface area contributed by atoms with Gasteiger partial charge in [-0.2, -0.15) is 0 Å². The predicted molar refractivity (Wildman–Crippen MR) is 102 cm³/mol. The second-order valence-corrected chi connectivity index (χ2v) is 6.02. The fourth-order valence-electron chi connectivity index (χ4n) is 2.35. The summed E-state index contributed by atoms with van der Waals surface area (Å²) in [7, 11) is 0. The SMILES string of the molecule is CCCNCCCC(=O)N(OCc1ccccc1)OCc1ccccc1. The molecular formula is C21H28N2O3. The van der Waals surface area contributed by atoms with Gasteiger partial charge in [-0.25, -0.2) is 9.68 Å². The summed E-state index contributed by atoms with van der Waals surface area (Å²) in [5.74, 6) is -0.171. The number of nitrogens with zero attached hydrogens (tertiary/aromatic N) is 1. The zero-order chi connectivity index (χ0) is 18.5. The van der Waals surface area contributed by atoms with Crippen LogP contribution in [0.5, 0.6) is 0 Å². The maximum atomic E-state index is 12.5. The molecule has 0 spiro atoms. The van der Waals surface area contributed by atoms with Crippen LogP contribution in [0.15, 0.2) is 60.7 Å². The molecule has 0 unspecified atom stereocenters. The van der Waals surface area contributed by atoms with Crippen molar-refractivity contribution >= 4 is 5.91 Å². The Kier molecular flexibility index (Phi) is 9.43. The molecule has 2 rings (SSSR count). The van der Waals surface area contributed by atoms with Crippen LogP contribution in [0.25, 0.3) is 0 Å². The second kappa shape index (κ2) is 12.2. The zero-order valence-electron chi connectivity index (χ0n) is 15.4. The van der Waals surface area contributed by atoms with E-state index in [0.29, 0.717) is 6.42 Å². The number of rotatable bonds is 12. The number of hydroxylamine groups is 2. The number of nitrogens with one attached hydrogen (secondary N) is 1. The average Bonchev–Trinajstić information content (AvgIpc) is 2.69. The first kappa shape index (κ1) is 20.1. The Hall–Kier alpha value is -2.21. The van der Waals surface area contributed by atoms with Gasteiger partial charge in [-0.3, -0.25) is 4.79 Å². The van der Waals surface area contributed by atoms with Gasteiger partial charge in [0.05, 0.1) is 0 Å². The first-order valence-electron chi connectivity index (χ1n) is 9.17. The minimum atomic E-state index is -0.171. The van der Waals surface area contributed by atoms with E-state index in [0.717, 1.165) is 42.3 Å². The van der Waals surface area contributed by atoms with E-state index in [1.165, 1.54) is 0 Å². The summed E-state index contributed by atoms with van der Waals surface area (Å²) >= 11 is 0. The normalized spacial score (nSPS) is 10.7. The standard InChI is InChI=1S/C21H28N2O3/c1-2-15-22-16-9-14-21(24)23(25-17-19-10-5-3-6-11-19)26-18-20-12-7-4-8-13-20/h3-8,10-13,22H,2,9,14-18H2,1H3. The molecular weight excluding hydrogens is 328 g/mol. The van der Waals surface area contributed by atoms with Gasteiger partial charge in [0.25, 0.3) is 5.91 Å². The molecule has 0 saturated heterocycles. The summed E-state index contributed by atoms with van der Waals surface area (Å²) in [5, 5.41) is 4.33. The number of hydrogen-bond donors (Lipinski definition) is 1. The summed E-state index contributed by atoms with van der Waals surface area (Å²) in [5.41, 5.74) is 1.97. The van der Waals surface area contributed by atoms with Gasteiger partial charge in [-0.1, -0.05) is 72.8 Å². The Bertz CT molecular complexity index is 576. The highest BCUT2D eigenvalue weighted by Crippen LogP contribution is 2.09. The zero-order valence-corrected chi connectivity index (χ0v) is 15.4. The molecule has 26 heavy (non-hydrogen) atoms. The molecule has 0 fully saturated rings. The predicted octanol–water partition coefficient (Wildman–Crippen LogP) is 3.86. The van der Waals surface area contributed by atoms with E-state index in [1.54, 1.807) is 0 Å². The summed E-state index contributed by atoms with van der Waals surface area (Å²) in [6, 6.07) is 19.5. The topological polar surface area (TPSA) is 50.8 Å². The summed E-state index contributed by atoms with van der Waals surface area (Å²) in [6.45, 7) is 4.47. The van der Waals surface area contributed by atoms with Crippen LogP contribution in [-0.4, -0.2) is 24.2 Å². The molecule has 1 N–H and O–H groups in total. The third-order valence-electron chi connectivity index (χ3n) is 3.76. The Morgan fingerprint density at radius 1 is 0.885 bits per heavy atom. The van der Waals surface area contributed by atoms with E-state index in [1.807, 2.05) is 60.7 Å². The van der Waals surface area contributed by atoms with Gasteiger partial charge in [-0.15, -0.1) is 0 Å². The van der Waals surface area contributed by atoms with Gasteiger partial charge in [0, 0.05) is 6.42 Å². The van der Waals surface area contributed by atoms with E-state index in [-0.39, 0.29) is 19.1 Å². The van der Waals surface area contributed by atoms with Crippen LogP contribution >= 0.6 is 0 Å². The van der Waals surface area contributed by atoms with Crippen molar-refractivity contribution in [3.8, 4) is 0 Å². The molecule has 5 heteroatoms. The fraction of sp³-hybridized carbons (Fsp3) is 0.381. The van der Waals surface area contributed by atoms with E-state index in [2.05, 4.69) is 12.2 Å². The molecule has 0 bridgehead atoms. The summed E-state index contributed by atoms with van der Waals surface area (Å²) in [6.07, 6.45) is 2.21. The van der Waals surface area contributed by atoms with E-state index in [9.17, 15) is 4.79 Å². The lowest BCUT2D eigenvalue weighted by molar-refractivity contribution is -0.353. The molecule has 0 atom stereocenters. The highest BCUT2D eigenvalue weighted by Gasteiger charge is 2.16. The van der Waals surface area contributed by atoms with Crippen molar-refractivity contribution in [1.82, 2.24) is 10.5 Å². The molecule has 0 aliphatic rings. The van der Waals surface area contributed by atoms with Gasteiger partial charge >= 0.3 is 0 Å². The second-order valence-electron chi connectivity index (χ2n) is 6.02. The molecule has 0 heterocycles. The van der Waals surface area contributed by atoms with E-state index >= 15 is 0 Å². The van der Waals surface area contributed by atoms with Crippen LogP contribution in [0.2, 0.25) is 0 Å². The van der Waals surface area contributed by atoms with Crippen molar-refractivity contribution in [1.29, 1.82) is 0 Å². The van der Waals surface area contributed by atoms with Crippen molar-refractivity contribution in [3.63, 3.8) is 0 Å². The van der Waals surface area contributed by atoms with Crippen molar-refractivity contribution < 1.29 is 14.5 Å². The first-order chi connectivity index (χ1) is 12.8. The third-order valence-corrected chi connectivity index (χ3v) is 3.76. The highest BCUT2D eigenvalue weighted by atomic mass is 17.0. The van der Waals surface area contributed by atoms with Crippen LogP contribution in [0.3, 0.4) is 0 Å². The van der Waals surface area contributed by atoms with E-state index in [4.69, 9.17) is 9.68 Å². The minimum Gasteiger partial charge on any atom is -0.317 e. The van der Waals surface area contributed by atoms with Gasteiger partial charge in [0.1, 0.15) is 13.2 Å². The molecule has 0 saturated carbocycles. The molecule has 2 aromatic carbocycles. The van der Waals surface area contributed by atoms with Gasteiger partial charge < -0.3 is 5.32 Å².